The number of rotatable bonds is 3. The molecule has 0 saturated heterocycles. The Bertz CT molecular complexity index is 598. The minimum absolute atomic E-state index is 0.145. The SMILES string of the molecule is CCc1ccc(C(=O)c2ccc3c(c2)OCO3)o1. The third-order valence-electron chi connectivity index (χ3n) is 2.87. The molecule has 0 atom stereocenters. The number of hydrogen-bond acceptors (Lipinski definition) is 4. The average molecular weight is 244 g/mol. The fourth-order valence-electron chi connectivity index (χ4n) is 1.87. The lowest BCUT2D eigenvalue weighted by molar-refractivity contribution is 0.101. The summed E-state index contributed by atoms with van der Waals surface area (Å²) in [4.78, 5) is 12.2. The van der Waals surface area contributed by atoms with E-state index in [4.69, 9.17) is 13.9 Å². The second-order valence-electron chi connectivity index (χ2n) is 4.02. The molecule has 1 aliphatic heterocycles. The van der Waals surface area contributed by atoms with Crippen LogP contribution in [0, 0.1) is 0 Å². The summed E-state index contributed by atoms with van der Waals surface area (Å²) < 4.78 is 15.9. The Morgan fingerprint density at radius 1 is 1.17 bits per heavy atom. The molecule has 1 aromatic heterocycles. The summed E-state index contributed by atoms with van der Waals surface area (Å²) in [6.07, 6.45) is 0.772. The van der Waals surface area contributed by atoms with Gasteiger partial charge in [0.1, 0.15) is 5.76 Å². The second-order valence-corrected chi connectivity index (χ2v) is 4.02. The number of carbonyl (C=O) groups is 1. The minimum atomic E-state index is -0.145. The topological polar surface area (TPSA) is 48.7 Å². The van der Waals surface area contributed by atoms with Gasteiger partial charge in [0.15, 0.2) is 17.3 Å². The molecule has 0 saturated carbocycles. The van der Waals surface area contributed by atoms with Gasteiger partial charge in [-0.3, -0.25) is 4.79 Å². The Balaban J connectivity index is 1.92. The average Bonchev–Trinajstić information content (AvgIpc) is 3.05. The first-order valence-corrected chi connectivity index (χ1v) is 5.81. The molecule has 92 valence electrons. The number of ether oxygens (including phenoxy) is 2. The van der Waals surface area contributed by atoms with E-state index < -0.39 is 0 Å². The molecule has 3 rings (SSSR count). The highest BCUT2D eigenvalue weighted by Gasteiger charge is 2.18. The molecule has 1 aliphatic rings. The molecule has 4 heteroatoms. The summed E-state index contributed by atoms with van der Waals surface area (Å²) in [5.41, 5.74) is 0.538. The highest BCUT2D eigenvalue weighted by atomic mass is 16.7. The molecule has 2 aromatic rings. The van der Waals surface area contributed by atoms with Crippen molar-refractivity contribution in [2.24, 2.45) is 0 Å². The Morgan fingerprint density at radius 2 is 2.00 bits per heavy atom. The highest BCUT2D eigenvalue weighted by molar-refractivity contribution is 6.07. The lowest BCUT2D eigenvalue weighted by atomic mass is 10.1. The van der Waals surface area contributed by atoms with Gasteiger partial charge >= 0.3 is 0 Å². The van der Waals surface area contributed by atoms with E-state index in [0.717, 1.165) is 12.2 Å². The number of carbonyl (C=O) groups excluding carboxylic acids is 1. The van der Waals surface area contributed by atoms with Crippen molar-refractivity contribution in [1.82, 2.24) is 0 Å². The van der Waals surface area contributed by atoms with E-state index >= 15 is 0 Å². The first kappa shape index (κ1) is 10.9. The van der Waals surface area contributed by atoms with Gasteiger partial charge < -0.3 is 13.9 Å². The van der Waals surface area contributed by atoms with Gasteiger partial charge in [0.2, 0.25) is 12.6 Å². The van der Waals surface area contributed by atoms with Crippen LogP contribution in [0.1, 0.15) is 28.8 Å². The van der Waals surface area contributed by atoms with Gasteiger partial charge in [-0.2, -0.15) is 0 Å². The van der Waals surface area contributed by atoms with Crippen molar-refractivity contribution in [2.45, 2.75) is 13.3 Å². The predicted molar refractivity (Wildman–Crippen MR) is 64.1 cm³/mol. The van der Waals surface area contributed by atoms with Crippen molar-refractivity contribution in [1.29, 1.82) is 0 Å². The van der Waals surface area contributed by atoms with E-state index in [9.17, 15) is 4.79 Å². The lowest BCUT2D eigenvalue weighted by Crippen LogP contribution is -1.99. The highest BCUT2D eigenvalue weighted by Crippen LogP contribution is 2.33. The van der Waals surface area contributed by atoms with Gasteiger partial charge in [0, 0.05) is 12.0 Å². The van der Waals surface area contributed by atoms with Crippen LogP contribution in [0.15, 0.2) is 34.7 Å². The van der Waals surface area contributed by atoms with E-state index in [1.807, 2.05) is 13.0 Å². The molecule has 0 amide bonds. The molecule has 0 spiro atoms. The van der Waals surface area contributed by atoms with Crippen LogP contribution in [-0.4, -0.2) is 12.6 Å². The molecule has 0 N–H and O–H groups in total. The largest absolute Gasteiger partial charge is 0.458 e. The molecule has 2 heterocycles. The molecule has 0 radical (unpaired) electrons. The molecule has 0 unspecified atom stereocenters. The summed E-state index contributed by atoms with van der Waals surface area (Å²) in [6, 6.07) is 8.65. The Hall–Kier alpha value is -2.23. The number of hydrogen-bond donors (Lipinski definition) is 0. The zero-order valence-corrected chi connectivity index (χ0v) is 9.93. The van der Waals surface area contributed by atoms with Crippen molar-refractivity contribution >= 4 is 5.78 Å². The maximum Gasteiger partial charge on any atom is 0.231 e. The van der Waals surface area contributed by atoms with E-state index in [1.54, 1.807) is 24.3 Å². The Kier molecular flexibility index (Phi) is 2.55. The number of fused-ring (bicyclic) bond motifs is 1. The van der Waals surface area contributed by atoms with Crippen LogP contribution in [0.3, 0.4) is 0 Å². The summed E-state index contributed by atoms with van der Waals surface area (Å²) in [7, 11) is 0. The Labute approximate surface area is 104 Å². The number of furan rings is 1. The normalized spacial score (nSPS) is 12.7. The third kappa shape index (κ3) is 1.76. The van der Waals surface area contributed by atoms with Crippen LogP contribution < -0.4 is 9.47 Å². The van der Waals surface area contributed by atoms with Crippen LogP contribution in [0.4, 0.5) is 0 Å². The lowest BCUT2D eigenvalue weighted by Gasteiger charge is -2.00. The van der Waals surface area contributed by atoms with Crippen molar-refractivity contribution in [3.8, 4) is 11.5 Å². The smallest absolute Gasteiger partial charge is 0.231 e. The van der Waals surface area contributed by atoms with Crippen molar-refractivity contribution in [3.05, 3.63) is 47.4 Å². The maximum absolute atomic E-state index is 12.2. The van der Waals surface area contributed by atoms with Crippen LogP contribution in [0.2, 0.25) is 0 Å². The fourth-order valence-corrected chi connectivity index (χ4v) is 1.87. The third-order valence-corrected chi connectivity index (χ3v) is 2.87. The first-order chi connectivity index (χ1) is 8.78. The molecule has 0 aliphatic carbocycles. The van der Waals surface area contributed by atoms with E-state index in [2.05, 4.69) is 0 Å². The molecule has 4 nitrogen and oxygen atoms in total. The maximum atomic E-state index is 12.2. The van der Waals surface area contributed by atoms with Gasteiger partial charge in [0.05, 0.1) is 0 Å². The zero-order chi connectivity index (χ0) is 12.5. The van der Waals surface area contributed by atoms with Gasteiger partial charge in [-0.25, -0.2) is 0 Å². The van der Waals surface area contributed by atoms with E-state index in [1.165, 1.54) is 0 Å². The summed E-state index contributed by atoms with van der Waals surface area (Å²) in [5.74, 6) is 2.28. The van der Waals surface area contributed by atoms with Gasteiger partial charge in [-0.15, -0.1) is 0 Å². The summed E-state index contributed by atoms with van der Waals surface area (Å²) in [6.45, 7) is 2.18. The number of aryl methyl sites for hydroxylation is 1. The number of ketones is 1. The number of benzene rings is 1. The van der Waals surface area contributed by atoms with Gasteiger partial charge in [-0.05, 0) is 30.3 Å². The first-order valence-electron chi connectivity index (χ1n) is 5.81. The molecular formula is C14H12O4. The molecular weight excluding hydrogens is 232 g/mol. The van der Waals surface area contributed by atoms with Gasteiger partial charge in [-0.1, -0.05) is 6.92 Å². The molecule has 0 fully saturated rings. The van der Waals surface area contributed by atoms with Crippen LogP contribution in [0.5, 0.6) is 11.5 Å². The van der Waals surface area contributed by atoms with E-state index in [0.29, 0.717) is 22.8 Å². The zero-order valence-electron chi connectivity index (χ0n) is 9.93. The summed E-state index contributed by atoms with van der Waals surface area (Å²) >= 11 is 0. The summed E-state index contributed by atoms with van der Waals surface area (Å²) in [5, 5.41) is 0. The van der Waals surface area contributed by atoms with Crippen molar-refractivity contribution < 1.29 is 18.7 Å². The molecule has 18 heavy (non-hydrogen) atoms. The van der Waals surface area contributed by atoms with E-state index in [-0.39, 0.29) is 12.6 Å². The molecule has 1 aromatic carbocycles. The van der Waals surface area contributed by atoms with Gasteiger partial charge in [0.25, 0.3) is 0 Å². The van der Waals surface area contributed by atoms with Crippen molar-refractivity contribution in [2.75, 3.05) is 6.79 Å². The molecule has 0 bridgehead atoms. The monoisotopic (exact) mass is 244 g/mol. The van der Waals surface area contributed by atoms with Crippen molar-refractivity contribution in [3.63, 3.8) is 0 Å². The predicted octanol–water partition coefficient (Wildman–Crippen LogP) is 2.80. The minimum Gasteiger partial charge on any atom is -0.458 e. The quantitative estimate of drug-likeness (QED) is 0.779. The standard InChI is InChI=1S/C14H12O4/c1-2-10-4-6-12(18-10)14(15)9-3-5-11-13(7-9)17-8-16-11/h3-7H,2,8H2,1H3. The fraction of sp³-hybridized carbons (Fsp3) is 0.214. The second kappa shape index (κ2) is 4.22. The van der Waals surface area contributed by atoms with Crippen LogP contribution >= 0.6 is 0 Å². The Morgan fingerprint density at radius 3 is 2.78 bits per heavy atom. The van der Waals surface area contributed by atoms with Crippen LogP contribution in [-0.2, 0) is 6.42 Å². The van der Waals surface area contributed by atoms with Crippen LogP contribution in [0.25, 0.3) is 0 Å².